The fraction of sp³-hybridized carbons (Fsp3) is 0.500. The fourth-order valence-electron chi connectivity index (χ4n) is 5.55. The molecule has 16 nitrogen and oxygen atoms in total. The molecular weight excluding hydrogens is 574 g/mol. The van der Waals surface area contributed by atoms with Crippen molar-refractivity contribution >= 4 is 32.5 Å². The number of nitrogens with two attached hydrogens (primary N) is 1. The van der Waals surface area contributed by atoms with Crippen LogP contribution in [0, 0.1) is 11.8 Å². The summed E-state index contributed by atoms with van der Waals surface area (Å²) in [6.07, 6.45) is 3.50. The summed E-state index contributed by atoms with van der Waals surface area (Å²) < 4.78 is 34.6. The molecule has 0 bridgehead atoms. The van der Waals surface area contributed by atoms with Gasteiger partial charge in [-0.05, 0) is 31.4 Å². The highest BCUT2D eigenvalue weighted by atomic mass is 31.2. The first-order chi connectivity index (χ1) is 18.5. The summed E-state index contributed by atoms with van der Waals surface area (Å²) in [5.74, 6) is 7.01. The number of aromatic nitrogens is 1. The lowest BCUT2D eigenvalue weighted by molar-refractivity contribution is -0.120. The molecule has 0 unspecified atom stereocenters. The minimum absolute atomic E-state index is 0.0721. The molecule has 5 rings (SSSR count). The van der Waals surface area contributed by atoms with Crippen LogP contribution in [0.5, 0.6) is 11.5 Å². The number of rotatable bonds is 3. The molecule has 4 heterocycles. The first-order valence-corrected chi connectivity index (χ1v) is 15.1. The second kappa shape index (κ2) is 12.6. The van der Waals surface area contributed by atoms with Crippen molar-refractivity contribution in [2.24, 2.45) is 17.7 Å². The maximum Gasteiger partial charge on any atom is 0.466 e. The SMILES string of the molecule is COc1cc2[nH]c3c(c2cc1OC)CCN1C[C@H]2[C@H](C)OC=C(C(=O)NN)[C@H]2C[C@H]31.O=P(O)(O)O.O=P(O)(O)O. The van der Waals surface area contributed by atoms with E-state index in [2.05, 4.69) is 28.3 Å². The Hall–Kier alpha value is -2.49. The van der Waals surface area contributed by atoms with E-state index in [1.165, 1.54) is 16.6 Å². The number of amides is 1. The van der Waals surface area contributed by atoms with Crippen LogP contribution in [-0.4, -0.2) is 78.6 Å². The van der Waals surface area contributed by atoms with E-state index < -0.39 is 15.6 Å². The molecule has 10 N–H and O–H groups in total. The van der Waals surface area contributed by atoms with Gasteiger partial charge < -0.3 is 48.6 Å². The third kappa shape index (κ3) is 7.83. The van der Waals surface area contributed by atoms with Crippen molar-refractivity contribution in [1.29, 1.82) is 0 Å². The summed E-state index contributed by atoms with van der Waals surface area (Å²) >= 11 is 0. The number of hydrogen-bond acceptors (Lipinski definition) is 8. The van der Waals surface area contributed by atoms with Gasteiger partial charge in [0.25, 0.3) is 5.91 Å². The second-order valence-corrected chi connectivity index (χ2v) is 11.5. The van der Waals surface area contributed by atoms with Crippen LogP contribution in [-0.2, 0) is 25.1 Å². The number of methoxy groups -OCH3 is 2. The monoisotopic (exact) mass is 608 g/mol. The second-order valence-electron chi connectivity index (χ2n) is 9.45. The lowest BCUT2D eigenvalue weighted by Crippen LogP contribution is -2.52. The Morgan fingerprint density at radius 3 is 2.23 bits per heavy atom. The average molecular weight is 608 g/mol. The zero-order valence-electron chi connectivity index (χ0n) is 21.9. The molecule has 0 aliphatic carbocycles. The van der Waals surface area contributed by atoms with E-state index in [-0.39, 0.29) is 29.9 Å². The topological polar surface area (TPSA) is 257 Å². The van der Waals surface area contributed by atoms with Gasteiger partial charge in [-0.3, -0.25) is 15.1 Å². The number of carbonyl (C=O) groups excluding carboxylic acids is 1. The Morgan fingerprint density at radius 1 is 1.10 bits per heavy atom. The molecule has 224 valence electrons. The molecule has 0 spiro atoms. The van der Waals surface area contributed by atoms with E-state index in [0.29, 0.717) is 11.3 Å². The molecular formula is C22H34N4O12P2. The van der Waals surface area contributed by atoms with Crippen molar-refractivity contribution in [3.05, 3.63) is 35.2 Å². The maximum absolute atomic E-state index is 12.4. The zero-order valence-corrected chi connectivity index (χ0v) is 23.7. The zero-order chi connectivity index (χ0) is 30.0. The van der Waals surface area contributed by atoms with Gasteiger partial charge in [0.1, 0.15) is 0 Å². The number of hydrogen-bond donors (Lipinski definition) is 9. The predicted octanol–water partition coefficient (Wildman–Crippen LogP) is 0.156. The molecule has 0 radical (unpaired) electrons. The van der Waals surface area contributed by atoms with E-state index in [4.69, 9.17) is 58.5 Å². The number of hydrazine groups is 1. The maximum atomic E-state index is 12.4. The van der Waals surface area contributed by atoms with Crippen molar-refractivity contribution in [3.63, 3.8) is 0 Å². The van der Waals surface area contributed by atoms with Gasteiger partial charge in [0, 0.05) is 47.6 Å². The highest BCUT2D eigenvalue weighted by molar-refractivity contribution is 7.45. The van der Waals surface area contributed by atoms with Crippen LogP contribution in [0.25, 0.3) is 10.9 Å². The Labute approximate surface area is 229 Å². The number of ether oxygens (including phenoxy) is 3. The number of fused-ring (bicyclic) bond motifs is 6. The van der Waals surface area contributed by atoms with Gasteiger partial charge in [0.15, 0.2) is 11.5 Å². The molecule has 1 aromatic heterocycles. The van der Waals surface area contributed by atoms with E-state index in [1.54, 1.807) is 20.5 Å². The van der Waals surface area contributed by atoms with Gasteiger partial charge in [0.2, 0.25) is 0 Å². The Bertz CT molecular complexity index is 1320. The normalized spacial score (nSPS) is 23.9. The number of phosphoric acid groups is 2. The highest BCUT2D eigenvalue weighted by Crippen LogP contribution is 2.48. The average Bonchev–Trinajstić information content (AvgIpc) is 3.22. The summed E-state index contributed by atoms with van der Waals surface area (Å²) in [4.78, 5) is 61.7. The number of nitrogens with zero attached hydrogens (tertiary/aromatic N) is 1. The van der Waals surface area contributed by atoms with E-state index >= 15 is 0 Å². The fourth-order valence-corrected chi connectivity index (χ4v) is 5.55. The quantitative estimate of drug-likeness (QED) is 0.0973. The number of aromatic amines is 1. The van der Waals surface area contributed by atoms with Crippen LogP contribution in [0.4, 0.5) is 0 Å². The molecule has 1 aromatic carbocycles. The molecule has 40 heavy (non-hydrogen) atoms. The smallest absolute Gasteiger partial charge is 0.466 e. The first-order valence-electron chi connectivity index (χ1n) is 12.0. The summed E-state index contributed by atoms with van der Waals surface area (Å²) in [5.41, 5.74) is 6.55. The summed E-state index contributed by atoms with van der Waals surface area (Å²) in [7, 11) is -5.97. The van der Waals surface area contributed by atoms with E-state index in [9.17, 15) is 4.79 Å². The Kier molecular flexibility index (Phi) is 10.1. The largest absolute Gasteiger partial charge is 0.497 e. The van der Waals surface area contributed by atoms with Crippen molar-refractivity contribution in [2.45, 2.75) is 31.9 Å². The lowest BCUT2D eigenvalue weighted by atomic mass is 9.72. The molecule has 18 heteroatoms. The highest BCUT2D eigenvalue weighted by Gasteiger charge is 2.46. The van der Waals surface area contributed by atoms with Crippen molar-refractivity contribution in [3.8, 4) is 11.5 Å². The van der Waals surface area contributed by atoms with Crippen molar-refractivity contribution in [2.75, 3.05) is 27.3 Å². The predicted molar refractivity (Wildman–Crippen MR) is 141 cm³/mol. The van der Waals surface area contributed by atoms with E-state index in [0.717, 1.165) is 37.2 Å². The standard InChI is InChI=1S/C22H28N4O4.2H3O4P/c1-11-15-9-26-5-4-12-14-7-19(28-2)20(29-3)8-17(14)24-21(12)18(26)6-13(15)16(10-30-11)22(27)25-23;2*1-5(2,3)4/h7-8,10-11,13,15,18,24H,4-6,9,23H2,1-3H3,(H,25,27);2*(H3,1,2,3,4)/t11-,13-,15-,18+;;/m0../s1. The molecule has 3 aliphatic heterocycles. The minimum atomic E-state index is -4.64. The van der Waals surface area contributed by atoms with Crippen molar-refractivity contribution in [1.82, 2.24) is 15.3 Å². The number of piperidine rings is 1. The van der Waals surface area contributed by atoms with Crippen LogP contribution >= 0.6 is 15.6 Å². The number of carbonyl (C=O) groups is 1. The van der Waals surface area contributed by atoms with Crippen LogP contribution < -0.4 is 20.7 Å². The number of benzene rings is 1. The van der Waals surface area contributed by atoms with Crippen LogP contribution in [0.3, 0.4) is 0 Å². The van der Waals surface area contributed by atoms with Gasteiger partial charge in [-0.1, -0.05) is 0 Å². The van der Waals surface area contributed by atoms with Crippen LogP contribution in [0.1, 0.15) is 30.6 Å². The van der Waals surface area contributed by atoms with Crippen LogP contribution in [0.2, 0.25) is 0 Å². The molecule has 3 aliphatic rings. The molecule has 2 aromatic rings. The van der Waals surface area contributed by atoms with Crippen LogP contribution in [0.15, 0.2) is 24.0 Å². The molecule has 0 saturated carbocycles. The van der Waals surface area contributed by atoms with Gasteiger partial charge in [-0.25, -0.2) is 15.0 Å². The summed E-state index contributed by atoms with van der Waals surface area (Å²) in [6, 6.07) is 4.29. The molecule has 1 saturated heterocycles. The number of nitrogens with one attached hydrogen (secondary N) is 2. The van der Waals surface area contributed by atoms with Gasteiger partial charge in [-0.15, -0.1) is 0 Å². The lowest BCUT2D eigenvalue weighted by Gasteiger charge is -2.49. The van der Waals surface area contributed by atoms with Gasteiger partial charge in [-0.2, -0.15) is 0 Å². The number of H-pyrrole nitrogens is 1. The summed E-state index contributed by atoms with van der Waals surface area (Å²) in [5, 5.41) is 1.18. The minimum Gasteiger partial charge on any atom is -0.497 e. The molecule has 4 atom stereocenters. The van der Waals surface area contributed by atoms with Crippen molar-refractivity contribution < 1.29 is 57.5 Å². The Morgan fingerprint density at radius 2 is 1.68 bits per heavy atom. The summed E-state index contributed by atoms with van der Waals surface area (Å²) in [6.45, 7) is 3.96. The van der Waals surface area contributed by atoms with E-state index in [1.807, 2.05) is 6.07 Å². The Balaban J connectivity index is 0.000000381. The van der Waals surface area contributed by atoms with Gasteiger partial charge in [0.05, 0.1) is 38.2 Å². The van der Waals surface area contributed by atoms with Gasteiger partial charge >= 0.3 is 15.6 Å². The first kappa shape index (κ1) is 32.0. The third-order valence-electron chi connectivity index (χ3n) is 7.11. The molecule has 1 fully saturated rings. The molecule has 1 amide bonds. The third-order valence-corrected chi connectivity index (χ3v) is 7.11.